The maximum atomic E-state index is 11.8. The Labute approximate surface area is 109 Å². The van der Waals surface area contributed by atoms with Crippen molar-refractivity contribution in [3.8, 4) is 0 Å². The SMILES string of the molecule is CC1NCCN(CCCC(=O)OC(C)(C)C)C1=O. The fourth-order valence-electron chi connectivity index (χ4n) is 1.92. The third kappa shape index (κ3) is 5.04. The molecule has 1 fully saturated rings. The van der Waals surface area contributed by atoms with Crippen LogP contribution >= 0.6 is 0 Å². The molecule has 18 heavy (non-hydrogen) atoms. The van der Waals surface area contributed by atoms with Crippen LogP contribution < -0.4 is 5.32 Å². The van der Waals surface area contributed by atoms with Gasteiger partial charge in [0.2, 0.25) is 5.91 Å². The first-order chi connectivity index (χ1) is 8.29. The molecule has 0 bridgehead atoms. The van der Waals surface area contributed by atoms with E-state index in [1.807, 2.05) is 32.6 Å². The van der Waals surface area contributed by atoms with Crippen LogP contribution in [0.2, 0.25) is 0 Å². The van der Waals surface area contributed by atoms with E-state index in [0.717, 1.165) is 13.1 Å². The standard InChI is InChI=1S/C13H24N2O3/c1-10-12(17)15(9-7-14-10)8-5-6-11(16)18-13(2,3)4/h10,14H,5-9H2,1-4H3. The van der Waals surface area contributed by atoms with Crippen LogP contribution in [0.25, 0.3) is 0 Å². The minimum atomic E-state index is -0.434. The van der Waals surface area contributed by atoms with Gasteiger partial charge < -0.3 is 15.0 Å². The highest BCUT2D eigenvalue weighted by molar-refractivity contribution is 5.82. The van der Waals surface area contributed by atoms with Crippen molar-refractivity contribution in [3.63, 3.8) is 0 Å². The van der Waals surface area contributed by atoms with Crippen molar-refractivity contribution >= 4 is 11.9 Å². The third-order valence-corrected chi connectivity index (χ3v) is 2.74. The van der Waals surface area contributed by atoms with Crippen LogP contribution in [0.5, 0.6) is 0 Å². The highest BCUT2D eigenvalue weighted by Gasteiger charge is 2.24. The maximum Gasteiger partial charge on any atom is 0.306 e. The molecule has 1 rings (SSSR count). The minimum absolute atomic E-state index is 0.111. The number of nitrogens with one attached hydrogen (secondary N) is 1. The summed E-state index contributed by atoms with van der Waals surface area (Å²) in [6.45, 7) is 9.59. The molecule has 0 aromatic heterocycles. The van der Waals surface area contributed by atoms with Gasteiger partial charge in [-0.1, -0.05) is 0 Å². The molecule has 104 valence electrons. The van der Waals surface area contributed by atoms with E-state index < -0.39 is 5.60 Å². The first kappa shape index (κ1) is 15.0. The molecule has 1 amide bonds. The molecule has 1 N–H and O–H groups in total. The van der Waals surface area contributed by atoms with Crippen molar-refractivity contribution in [3.05, 3.63) is 0 Å². The average Bonchev–Trinajstić information content (AvgIpc) is 2.21. The molecule has 0 aliphatic carbocycles. The molecule has 0 radical (unpaired) electrons. The lowest BCUT2D eigenvalue weighted by Crippen LogP contribution is -2.53. The van der Waals surface area contributed by atoms with Crippen LogP contribution in [0.15, 0.2) is 0 Å². The van der Waals surface area contributed by atoms with Gasteiger partial charge in [-0.05, 0) is 34.1 Å². The Morgan fingerprint density at radius 1 is 1.50 bits per heavy atom. The molecule has 1 atom stereocenters. The van der Waals surface area contributed by atoms with Gasteiger partial charge in [0.1, 0.15) is 5.60 Å². The monoisotopic (exact) mass is 256 g/mol. The molecule has 1 aliphatic rings. The second-order valence-corrected chi connectivity index (χ2v) is 5.69. The van der Waals surface area contributed by atoms with E-state index in [-0.39, 0.29) is 17.9 Å². The molecule has 1 saturated heterocycles. The van der Waals surface area contributed by atoms with Gasteiger partial charge >= 0.3 is 5.97 Å². The van der Waals surface area contributed by atoms with Gasteiger partial charge in [0.25, 0.3) is 0 Å². The van der Waals surface area contributed by atoms with E-state index in [4.69, 9.17) is 4.74 Å². The van der Waals surface area contributed by atoms with Gasteiger partial charge in [0.15, 0.2) is 0 Å². The van der Waals surface area contributed by atoms with Gasteiger partial charge in [-0.2, -0.15) is 0 Å². The summed E-state index contributed by atoms with van der Waals surface area (Å²) in [6, 6.07) is -0.111. The number of carbonyl (C=O) groups excluding carboxylic acids is 2. The summed E-state index contributed by atoms with van der Waals surface area (Å²) in [6.07, 6.45) is 1.02. The Bertz CT molecular complexity index is 310. The zero-order valence-corrected chi connectivity index (χ0v) is 11.8. The largest absolute Gasteiger partial charge is 0.460 e. The molecule has 0 aromatic carbocycles. The number of nitrogens with zero attached hydrogens (tertiary/aromatic N) is 1. The van der Waals surface area contributed by atoms with E-state index in [2.05, 4.69) is 5.32 Å². The zero-order chi connectivity index (χ0) is 13.8. The molecular formula is C13H24N2O3. The van der Waals surface area contributed by atoms with Gasteiger partial charge in [-0.15, -0.1) is 0 Å². The molecule has 0 spiro atoms. The summed E-state index contributed by atoms with van der Waals surface area (Å²) >= 11 is 0. The summed E-state index contributed by atoms with van der Waals surface area (Å²) in [5, 5.41) is 3.11. The minimum Gasteiger partial charge on any atom is -0.460 e. The number of ether oxygens (including phenoxy) is 1. The highest BCUT2D eigenvalue weighted by Crippen LogP contribution is 2.10. The van der Waals surface area contributed by atoms with Crippen molar-refractivity contribution in [2.75, 3.05) is 19.6 Å². The number of rotatable bonds is 4. The van der Waals surface area contributed by atoms with Crippen molar-refractivity contribution in [2.45, 2.75) is 52.2 Å². The lowest BCUT2D eigenvalue weighted by molar-refractivity contribution is -0.155. The van der Waals surface area contributed by atoms with Gasteiger partial charge in [0.05, 0.1) is 6.04 Å². The number of carbonyl (C=O) groups is 2. The zero-order valence-electron chi connectivity index (χ0n) is 11.8. The van der Waals surface area contributed by atoms with Gasteiger partial charge in [0, 0.05) is 26.1 Å². The fourth-order valence-corrected chi connectivity index (χ4v) is 1.92. The second-order valence-electron chi connectivity index (χ2n) is 5.69. The Morgan fingerprint density at radius 3 is 2.78 bits per heavy atom. The summed E-state index contributed by atoms with van der Waals surface area (Å²) in [7, 11) is 0. The van der Waals surface area contributed by atoms with Crippen molar-refractivity contribution < 1.29 is 14.3 Å². The van der Waals surface area contributed by atoms with E-state index in [1.165, 1.54) is 0 Å². The Kier molecular flexibility index (Phi) is 5.14. The van der Waals surface area contributed by atoms with E-state index >= 15 is 0 Å². The third-order valence-electron chi connectivity index (χ3n) is 2.74. The lowest BCUT2D eigenvalue weighted by Gasteiger charge is -2.31. The maximum absolute atomic E-state index is 11.8. The number of esters is 1. The first-order valence-corrected chi connectivity index (χ1v) is 6.53. The van der Waals surface area contributed by atoms with Crippen LogP contribution in [0.1, 0.15) is 40.5 Å². The molecule has 5 heteroatoms. The number of hydrogen-bond donors (Lipinski definition) is 1. The number of amides is 1. The summed E-state index contributed by atoms with van der Waals surface area (Å²) < 4.78 is 5.22. The molecule has 0 saturated carbocycles. The smallest absolute Gasteiger partial charge is 0.306 e. The molecule has 1 unspecified atom stereocenters. The van der Waals surface area contributed by atoms with Crippen molar-refractivity contribution in [1.29, 1.82) is 0 Å². The van der Waals surface area contributed by atoms with E-state index in [0.29, 0.717) is 19.4 Å². The molecule has 1 heterocycles. The van der Waals surface area contributed by atoms with E-state index in [9.17, 15) is 9.59 Å². The average molecular weight is 256 g/mol. The fraction of sp³-hybridized carbons (Fsp3) is 0.846. The van der Waals surface area contributed by atoms with Crippen LogP contribution in [0.4, 0.5) is 0 Å². The Morgan fingerprint density at radius 2 is 2.17 bits per heavy atom. The lowest BCUT2D eigenvalue weighted by atomic mass is 10.2. The van der Waals surface area contributed by atoms with Crippen LogP contribution in [-0.4, -0.2) is 48.1 Å². The quantitative estimate of drug-likeness (QED) is 0.760. The molecular weight excluding hydrogens is 232 g/mol. The van der Waals surface area contributed by atoms with Crippen LogP contribution in [0.3, 0.4) is 0 Å². The van der Waals surface area contributed by atoms with Gasteiger partial charge in [-0.25, -0.2) is 0 Å². The predicted octanol–water partition coefficient (Wildman–Crippen LogP) is 0.929. The summed E-state index contributed by atoms with van der Waals surface area (Å²) in [5.41, 5.74) is -0.434. The number of piperazine rings is 1. The van der Waals surface area contributed by atoms with Crippen molar-refractivity contribution in [2.24, 2.45) is 0 Å². The normalized spacial score (nSPS) is 21.0. The topological polar surface area (TPSA) is 58.6 Å². The highest BCUT2D eigenvalue weighted by atomic mass is 16.6. The summed E-state index contributed by atoms with van der Waals surface area (Å²) in [4.78, 5) is 25.1. The Hall–Kier alpha value is -1.10. The predicted molar refractivity (Wildman–Crippen MR) is 69.1 cm³/mol. The second kappa shape index (κ2) is 6.18. The van der Waals surface area contributed by atoms with Crippen LogP contribution in [0, 0.1) is 0 Å². The molecule has 0 aromatic rings. The number of hydrogen-bond acceptors (Lipinski definition) is 4. The van der Waals surface area contributed by atoms with Crippen molar-refractivity contribution in [1.82, 2.24) is 10.2 Å². The summed E-state index contributed by atoms with van der Waals surface area (Å²) in [5.74, 6) is -0.0800. The molecule has 5 nitrogen and oxygen atoms in total. The molecule has 1 aliphatic heterocycles. The van der Waals surface area contributed by atoms with Crippen LogP contribution in [-0.2, 0) is 14.3 Å². The Balaban J connectivity index is 2.25. The van der Waals surface area contributed by atoms with Gasteiger partial charge in [-0.3, -0.25) is 9.59 Å². The van der Waals surface area contributed by atoms with E-state index in [1.54, 1.807) is 0 Å². The first-order valence-electron chi connectivity index (χ1n) is 6.53.